The molecule has 0 radical (unpaired) electrons. The van der Waals surface area contributed by atoms with E-state index in [0.29, 0.717) is 18.3 Å². The summed E-state index contributed by atoms with van der Waals surface area (Å²) in [6.45, 7) is 3.32. The van der Waals surface area contributed by atoms with E-state index in [4.69, 9.17) is 9.26 Å². The van der Waals surface area contributed by atoms with Gasteiger partial charge < -0.3 is 13.8 Å². The van der Waals surface area contributed by atoms with Crippen LogP contribution in [0.1, 0.15) is 23.7 Å². The zero-order valence-corrected chi connectivity index (χ0v) is 12.5. The molecule has 5 nitrogen and oxygen atoms in total. The maximum atomic E-state index is 13.5. The van der Waals surface area contributed by atoms with E-state index in [2.05, 4.69) is 10.1 Å². The van der Waals surface area contributed by atoms with Gasteiger partial charge in [0.25, 0.3) is 5.89 Å². The molecule has 114 valence electrons. The van der Waals surface area contributed by atoms with Crippen molar-refractivity contribution in [3.05, 3.63) is 35.4 Å². The van der Waals surface area contributed by atoms with Crippen LogP contribution in [-0.4, -0.2) is 27.9 Å². The number of aryl methyl sites for hydroxylation is 2. The Hall–Kier alpha value is -2.21. The summed E-state index contributed by atoms with van der Waals surface area (Å²) < 4.78 is 26.3. The van der Waals surface area contributed by atoms with Gasteiger partial charge in [-0.25, -0.2) is 4.39 Å². The SMILES string of the molecule is Cc1c(-c2nc([C@H]3CCOC3)no2)n(C)c2ccc(F)cc12. The van der Waals surface area contributed by atoms with Crippen molar-refractivity contribution in [3.8, 4) is 11.6 Å². The third-order valence-corrected chi connectivity index (χ3v) is 4.35. The number of fused-ring (bicyclic) bond motifs is 1. The summed E-state index contributed by atoms with van der Waals surface area (Å²) >= 11 is 0. The molecular weight excluding hydrogens is 285 g/mol. The van der Waals surface area contributed by atoms with E-state index in [1.54, 1.807) is 6.07 Å². The zero-order chi connectivity index (χ0) is 15.3. The fourth-order valence-electron chi connectivity index (χ4n) is 3.14. The second-order valence-corrected chi connectivity index (χ2v) is 5.71. The summed E-state index contributed by atoms with van der Waals surface area (Å²) in [5.74, 6) is 1.11. The average molecular weight is 301 g/mol. The number of aromatic nitrogens is 3. The molecule has 4 rings (SSSR count). The van der Waals surface area contributed by atoms with E-state index >= 15 is 0 Å². The standard InChI is InChI=1S/C16H16FN3O2/c1-9-12-7-11(17)3-4-13(12)20(2)14(9)16-18-15(19-22-16)10-5-6-21-8-10/h3-4,7,10H,5-6,8H2,1-2H3/t10-/m0/s1. The molecule has 0 N–H and O–H groups in total. The molecule has 1 atom stereocenters. The van der Waals surface area contributed by atoms with Crippen molar-refractivity contribution in [3.63, 3.8) is 0 Å². The second-order valence-electron chi connectivity index (χ2n) is 5.71. The van der Waals surface area contributed by atoms with Gasteiger partial charge in [-0.15, -0.1) is 0 Å². The highest BCUT2D eigenvalue weighted by atomic mass is 19.1. The molecule has 1 aromatic carbocycles. The van der Waals surface area contributed by atoms with Gasteiger partial charge in [-0.3, -0.25) is 0 Å². The Kier molecular flexibility index (Phi) is 3.00. The molecule has 1 aliphatic rings. The molecular formula is C16H16FN3O2. The lowest BCUT2D eigenvalue weighted by atomic mass is 10.1. The first-order valence-electron chi connectivity index (χ1n) is 7.31. The van der Waals surface area contributed by atoms with E-state index in [9.17, 15) is 4.39 Å². The molecule has 2 aromatic heterocycles. The molecule has 1 aliphatic heterocycles. The second kappa shape index (κ2) is 4.91. The van der Waals surface area contributed by atoms with Crippen LogP contribution in [0.2, 0.25) is 0 Å². The topological polar surface area (TPSA) is 53.1 Å². The van der Waals surface area contributed by atoms with Crippen LogP contribution in [-0.2, 0) is 11.8 Å². The number of nitrogens with zero attached hydrogens (tertiary/aromatic N) is 3. The molecule has 0 saturated carbocycles. The van der Waals surface area contributed by atoms with Crippen LogP contribution in [0.3, 0.4) is 0 Å². The number of halogens is 1. The predicted molar refractivity (Wildman–Crippen MR) is 79.1 cm³/mol. The molecule has 3 heterocycles. The smallest absolute Gasteiger partial charge is 0.274 e. The lowest BCUT2D eigenvalue weighted by Crippen LogP contribution is -2.00. The monoisotopic (exact) mass is 301 g/mol. The van der Waals surface area contributed by atoms with Gasteiger partial charge in [-0.2, -0.15) is 4.98 Å². The average Bonchev–Trinajstić information content (AvgIpc) is 3.21. The minimum atomic E-state index is -0.248. The van der Waals surface area contributed by atoms with Crippen LogP contribution in [0.15, 0.2) is 22.7 Å². The number of ether oxygens (including phenoxy) is 1. The Morgan fingerprint density at radius 3 is 3.00 bits per heavy atom. The van der Waals surface area contributed by atoms with Crippen molar-refractivity contribution in [2.24, 2.45) is 7.05 Å². The van der Waals surface area contributed by atoms with Gasteiger partial charge in [0, 0.05) is 30.5 Å². The van der Waals surface area contributed by atoms with Crippen molar-refractivity contribution in [2.75, 3.05) is 13.2 Å². The van der Waals surface area contributed by atoms with Crippen molar-refractivity contribution in [1.82, 2.24) is 14.7 Å². The molecule has 0 unspecified atom stereocenters. The first-order chi connectivity index (χ1) is 10.6. The molecule has 1 fully saturated rings. The molecule has 0 aliphatic carbocycles. The Balaban J connectivity index is 1.84. The zero-order valence-electron chi connectivity index (χ0n) is 12.5. The number of rotatable bonds is 2. The normalized spacial score (nSPS) is 18.4. The molecule has 0 spiro atoms. The van der Waals surface area contributed by atoms with Gasteiger partial charge >= 0.3 is 0 Å². The van der Waals surface area contributed by atoms with E-state index in [1.165, 1.54) is 12.1 Å². The van der Waals surface area contributed by atoms with Crippen molar-refractivity contribution in [2.45, 2.75) is 19.3 Å². The van der Waals surface area contributed by atoms with Crippen LogP contribution in [0, 0.1) is 12.7 Å². The Bertz CT molecular complexity index is 847. The van der Waals surface area contributed by atoms with E-state index < -0.39 is 0 Å². The molecule has 22 heavy (non-hydrogen) atoms. The van der Waals surface area contributed by atoms with Crippen molar-refractivity contribution in [1.29, 1.82) is 0 Å². The van der Waals surface area contributed by atoms with Crippen LogP contribution < -0.4 is 0 Å². The maximum Gasteiger partial charge on any atom is 0.274 e. The molecule has 1 saturated heterocycles. The molecule has 0 amide bonds. The minimum absolute atomic E-state index is 0.199. The summed E-state index contributed by atoms with van der Waals surface area (Å²) in [6.07, 6.45) is 0.915. The predicted octanol–water partition coefficient (Wildman–Crippen LogP) is 3.18. The van der Waals surface area contributed by atoms with Gasteiger partial charge in [0.1, 0.15) is 11.5 Å². The highest BCUT2D eigenvalue weighted by molar-refractivity contribution is 5.90. The Morgan fingerprint density at radius 1 is 1.36 bits per heavy atom. The van der Waals surface area contributed by atoms with E-state index in [1.807, 2.05) is 18.5 Å². The highest BCUT2D eigenvalue weighted by Crippen LogP contribution is 2.33. The Labute approximate surface area is 126 Å². The number of hydrogen-bond donors (Lipinski definition) is 0. The van der Waals surface area contributed by atoms with Crippen molar-refractivity contribution < 1.29 is 13.7 Å². The highest BCUT2D eigenvalue weighted by Gasteiger charge is 2.25. The molecule has 3 aromatic rings. The summed E-state index contributed by atoms with van der Waals surface area (Å²) in [4.78, 5) is 4.53. The summed E-state index contributed by atoms with van der Waals surface area (Å²) in [7, 11) is 1.92. The largest absolute Gasteiger partial charge is 0.381 e. The van der Waals surface area contributed by atoms with E-state index in [-0.39, 0.29) is 11.7 Å². The number of benzene rings is 1. The van der Waals surface area contributed by atoms with Crippen LogP contribution in [0.25, 0.3) is 22.5 Å². The van der Waals surface area contributed by atoms with Crippen LogP contribution in [0.4, 0.5) is 4.39 Å². The summed E-state index contributed by atoms with van der Waals surface area (Å²) in [5.41, 5.74) is 2.71. The molecule has 0 bridgehead atoms. The maximum absolute atomic E-state index is 13.5. The van der Waals surface area contributed by atoms with Gasteiger partial charge in [-0.1, -0.05) is 5.16 Å². The first-order valence-corrected chi connectivity index (χ1v) is 7.31. The van der Waals surface area contributed by atoms with Crippen LogP contribution >= 0.6 is 0 Å². The van der Waals surface area contributed by atoms with E-state index in [0.717, 1.165) is 35.2 Å². The van der Waals surface area contributed by atoms with Gasteiger partial charge in [0.15, 0.2) is 5.82 Å². The fourth-order valence-corrected chi connectivity index (χ4v) is 3.14. The summed E-state index contributed by atoms with van der Waals surface area (Å²) in [6, 6.07) is 4.76. The lowest BCUT2D eigenvalue weighted by Gasteiger charge is -2.00. The van der Waals surface area contributed by atoms with Gasteiger partial charge in [0.05, 0.1) is 6.61 Å². The lowest BCUT2D eigenvalue weighted by molar-refractivity contribution is 0.192. The van der Waals surface area contributed by atoms with Gasteiger partial charge in [-0.05, 0) is 37.1 Å². The Morgan fingerprint density at radius 2 is 2.23 bits per heavy atom. The third kappa shape index (κ3) is 1.94. The number of hydrogen-bond acceptors (Lipinski definition) is 4. The van der Waals surface area contributed by atoms with Crippen LogP contribution in [0.5, 0.6) is 0 Å². The summed E-state index contributed by atoms with van der Waals surface area (Å²) in [5, 5.41) is 4.95. The third-order valence-electron chi connectivity index (χ3n) is 4.35. The minimum Gasteiger partial charge on any atom is -0.381 e. The van der Waals surface area contributed by atoms with Crippen molar-refractivity contribution >= 4 is 10.9 Å². The first kappa shape index (κ1) is 13.5. The quantitative estimate of drug-likeness (QED) is 0.729. The molecule has 6 heteroatoms. The fraction of sp³-hybridized carbons (Fsp3) is 0.375. The van der Waals surface area contributed by atoms with Gasteiger partial charge in [0.2, 0.25) is 0 Å².